The molecule has 0 bridgehead atoms. The largest absolute Gasteiger partial charge is 0.395 e. The highest BCUT2D eigenvalue weighted by molar-refractivity contribution is 4.81. The molecule has 2 heteroatoms. The monoisotopic (exact) mass is 143 g/mol. The van der Waals surface area contributed by atoms with E-state index < -0.39 is 0 Å². The van der Waals surface area contributed by atoms with Crippen molar-refractivity contribution in [1.82, 2.24) is 4.90 Å². The lowest BCUT2D eigenvalue weighted by molar-refractivity contribution is 0.160. The minimum absolute atomic E-state index is 0.300. The van der Waals surface area contributed by atoms with Crippen molar-refractivity contribution < 1.29 is 5.11 Å². The van der Waals surface area contributed by atoms with Gasteiger partial charge in [-0.3, -0.25) is 4.90 Å². The summed E-state index contributed by atoms with van der Waals surface area (Å²) < 4.78 is 0. The molecule has 0 aromatic carbocycles. The first-order valence-corrected chi connectivity index (χ1v) is 4.12. The summed E-state index contributed by atoms with van der Waals surface area (Å²) in [7, 11) is 0. The summed E-state index contributed by atoms with van der Waals surface area (Å²) in [6.45, 7) is 5.62. The zero-order chi connectivity index (χ0) is 7.56. The van der Waals surface area contributed by atoms with Crippen molar-refractivity contribution >= 4 is 0 Å². The van der Waals surface area contributed by atoms with Crippen LogP contribution in [0.25, 0.3) is 0 Å². The molecule has 1 fully saturated rings. The second kappa shape index (κ2) is 3.35. The van der Waals surface area contributed by atoms with Gasteiger partial charge in [0.05, 0.1) is 6.61 Å². The number of aliphatic hydroxyl groups is 1. The van der Waals surface area contributed by atoms with Crippen LogP contribution in [0.1, 0.15) is 26.7 Å². The lowest BCUT2D eigenvalue weighted by Gasteiger charge is -2.24. The van der Waals surface area contributed by atoms with Gasteiger partial charge in [-0.2, -0.15) is 0 Å². The Morgan fingerprint density at radius 1 is 1.30 bits per heavy atom. The smallest absolute Gasteiger partial charge is 0.0558 e. The summed E-state index contributed by atoms with van der Waals surface area (Å²) in [6.07, 6.45) is 2.59. The number of β-amino-alcohol motifs (C(OH)–C–C–N with tert-alkyl or cyclic N) is 1. The van der Waals surface area contributed by atoms with Crippen molar-refractivity contribution in [3.05, 3.63) is 0 Å². The van der Waals surface area contributed by atoms with Crippen molar-refractivity contribution in [2.75, 3.05) is 13.2 Å². The SMILES string of the molecule is CC1CCC(C)N1CCO. The minimum atomic E-state index is 0.300. The molecule has 1 rings (SSSR count). The standard InChI is InChI=1S/C8H17NO/c1-7-3-4-8(2)9(7)5-6-10/h7-8,10H,3-6H2,1-2H3. The zero-order valence-electron chi connectivity index (χ0n) is 6.88. The van der Waals surface area contributed by atoms with Crippen LogP contribution in [0.2, 0.25) is 0 Å². The van der Waals surface area contributed by atoms with Crippen LogP contribution in [-0.4, -0.2) is 35.2 Å². The molecule has 1 N–H and O–H groups in total. The first-order valence-electron chi connectivity index (χ1n) is 4.12. The highest BCUT2D eigenvalue weighted by Gasteiger charge is 2.25. The van der Waals surface area contributed by atoms with Crippen molar-refractivity contribution in [3.8, 4) is 0 Å². The summed E-state index contributed by atoms with van der Waals surface area (Å²) in [5.74, 6) is 0. The number of likely N-dealkylation sites (tertiary alicyclic amines) is 1. The van der Waals surface area contributed by atoms with Gasteiger partial charge in [-0.25, -0.2) is 0 Å². The van der Waals surface area contributed by atoms with Crippen LogP contribution < -0.4 is 0 Å². The predicted molar refractivity (Wildman–Crippen MR) is 41.9 cm³/mol. The van der Waals surface area contributed by atoms with Crippen molar-refractivity contribution in [1.29, 1.82) is 0 Å². The molecule has 1 aliphatic rings. The molecule has 0 saturated carbocycles. The molecule has 2 nitrogen and oxygen atoms in total. The quantitative estimate of drug-likeness (QED) is 0.619. The molecule has 1 heterocycles. The van der Waals surface area contributed by atoms with E-state index in [-0.39, 0.29) is 0 Å². The highest BCUT2D eigenvalue weighted by atomic mass is 16.3. The molecule has 0 aliphatic carbocycles. The number of rotatable bonds is 2. The van der Waals surface area contributed by atoms with Gasteiger partial charge in [0.15, 0.2) is 0 Å². The topological polar surface area (TPSA) is 23.5 Å². The number of nitrogens with zero attached hydrogens (tertiary/aromatic N) is 1. The normalized spacial score (nSPS) is 35.1. The van der Waals surface area contributed by atoms with Gasteiger partial charge in [-0.15, -0.1) is 0 Å². The van der Waals surface area contributed by atoms with Gasteiger partial charge in [0, 0.05) is 18.6 Å². The van der Waals surface area contributed by atoms with Gasteiger partial charge >= 0.3 is 0 Å². The van der Waals surface area contributed by atoms with E-state index in [1.54, 1.807) is 0 Å². The maximum absolute atomic E-state index is 8.72. The molecule has 2 atom stereocenters. The van der Waals surface area contributed by atoms with Crippen LogP contribution in [0.5, 0.6) is 0 Å². The van der Waals surface area contributed by atoms with Gasteiger partial charge in [0.1, 0.15) is 0 Å². The maximum Gasteiger partial charge on any atom is 0.0558 e. The van der Waals surface area contributed by atoms with Crippen LogP contribution in [-0.2, 0) is 0 Å². The van der Waals surface area contributed by atoms with E-state index in [1.165, 1.54) is 12.8 Å². The first-order chi connectivity index (χ1) is 4.75. The molecular weight excluding hydrogens is 126 g/mol. The Balaban J connectivity index is 2.38. The van der Waals surface area contributed by atoms with Crippen LogP contribution >= 0.6 is 0 Å². The van der Waals surface area contributed by atoms with Gasteiger partial charge in [0.25, 0.3) is 0 Å². The Labute approximate surface area is 62.8 Å². The molecule has 1 aliphatic heterocycles. The Kier molecular flexibility index (Phi) is 2.69. The van der Waals surface area contributed by atoms with E-state index in [1.807, 2.05) is 0 Å². The molecule has 60 valence electrons. The third-order valence-electron chi connectivity index (χ3n) is 2.49. The van der Waals surface area contributed by atoms with Crippen molar-refractivity contribution in [2.45, 2.75) is 38.8 Å². The predicted octanol–water partition coefficient (Wildman–Crippen LogP) is 0.851. The van der Waals surface area contributed by atoms with E-state index in [4.69, 9.17) is 5.11 Å². The summed E-state index contributed by atoms with van der Waals surface area (Å²) in [6, 6.07) is 1.37. The van der Waals surface area contributed by atoms with Gasteiger partial charge in [-0.05, 0) is 26.7 Å². The Bertz CT molecular complexity index is 95.4. The van der Waals surface area contributed by atoms with E-state index in [0.29, 0.717) is 18.7 Å². The summed E-state index contributed by atoms with van der Waals surface area (Å²) in [5, 5.41) is 8.72. The van der Waals surface area contributed by atoms with Crippen LogP contribution in [0.15, 0.2) is 0 Å². The average Bonchev–Trinajstić information content (AvgIpc) is 2.20. The molecular formula is C8H17NO. The Morgan fingerprint density at radius 3 is 2.20 bits per heavy atom. The van der Waals surface area contributed by atoms with E-state index in [2.05, 4.69) is 18.7 Å². The molecule has 2 unspecified atom stereocenters. The first kappa shape index (κ1) is 8.02. The molecule has 0 aromatic rings. The fraction of sp³-hybridized carbons (Fsp3) is 1.00. The van der Waals surface area contributed by atoms with Crippen LogP contribution in [0, 0.1) is 0 Å². The van der Waals surface area contributed by atoms with E-state index >= 15 is 0 Å². The second-order valence-electron chi connectivity index (χ2n) is 3.24. The molecule has 10 heavy (non-hydrogen) atoms. The third kappa shape index (κ3) is 1.50. The van der Waals surface area contributed by atoms with E-state index in [9.17, 15) is 0 Å². The van der Waals surface area contributed by atoms with Crippen molar-refractivity contribution in [2.24, 2.45) is 0 Å². The second-order valence-corrected chi connectivity index (χ2v) is 3.24. The van der Waals surface area contributed by atoms with Crippen LogP contribution in [0.4, 0.5) is 0 Å². The average molecular weight is 143 g/mol. The molecule has 1 saturated heterocycles. The lowest BCUT2D eigenvalue weighted by atomic mass is 10.2. The third-order valence-corrected chi connectivity index (χ3v) is 2.49. The highest BCUT2D eigenvalue weighted by Crippen LogP contribution is 2.22. The molecule has 0 amide bonds. The number of hydrogen-bond donors (Lipinski definition) is 1. The molecule has 0 spiro atoms. The van der Waals surface area contributed by atoms with Gasteiger partial charge in [-0.1, -0.05) is 0 Å². The number of hydrogen-bond acceptors (Lipinski definition) is 2. The Hall–Kier alpha value is -0.0800. The zero-order valence-corrected chi connectivity index (χ0v) is 6.88. The van der Waals surface area contributed by atoms with Gasteiger partial charge in [0.2, 0.25) is 0 Å². The lowest BCUT2D eigenvalue weighted by Crippen LogP contribution is -2.34. The van der Waals surface area contributed by atoms with Crippen molar-refractivity contribution in [3.63, 3.8) is 0 Å². The fourth-order valence-electron chi connectivity index (χ4n) is 1.80. The number of aliphatic hydroxyl groups excluding tert-OH is 1. The van der Waals surface area contributed by atoms with Gasteiger partial charge < -0.3 is 5.11 Å². The molecule has 0 radical (unpaired) electrons. The minimum Gasteiger partial charge on any atom is -0.395 e. The molecule has 0 aromatic heterocycles. The Morgan fingerprint density at radius 2 is 1.80 bits per heavy atom. The van der Waals surface area contributed by atoms with Crippen LogP contribution in [0.3, 0.4) is 0 Å². The maximum atomic E-state index is 8.72. The van der Waals surface area contributed by atoms with E-state index in [0.717, 1.165) is 6.54 Å². The summed E-state index contributed by atoms with van der Waals surface area (Å²) in [5.41, 5.74) is 0. The summed E-state index contributed by atoms with van der Waals surface area (Å²) in [4.78, 5) is 2.38. The fourth-order valence-corrected chi connectivity index (χ4v) is 1.80. The summed E-state index contributed by atoms with van der Waals surface area (Å²) >= 11 is 0.